The molecule has 0 aliphatic heterocycles. The summed E-state index contributed by atoms with van der Waals surface area (Å²) in [6.45, 7) is 3.89. The Morgan fingerprint density at radius 3 is 2.33 bits per heavy atom. The molecule has 0 unspecified atom stereocenters. The van der Waals surface area contributed by atoms with Gasteiger partial charge in [0.1, 0.15) is 6.61 Å². The highest BCUT2D eigenvalue weighted by Crippen LogP contribution is 2.34. The summed E-state index contributed by atoms with van der Waals surface area (Å²) in [4.78, 5) is 0. The van der Waals surface area contributed by atoms with Crippen LogP contribution in [-0.2, 0) is 19.6 Å². The van der Waals surface area contributed by atoms with Crippen molar-refractivity contribution in [3.05, 3.63) is 91.9 Å². The third kappa shape index (κ3) is 6.05. The highest BCUT2D eigenvalue weighted by atomic mass is 35.5. The van der Waals surface area contributed by atoms with Crippen molar-refractivity contribution in [2.75, 3.05) is 13.7 Å². The number of halogens is 3. The smallest absolute Gasteiger partial charge is 0.163 e. The molecule has 0 aliphatic rings. The summed E-state index contributed by atoms with van der Waals surface area (Å²) in [5, 5.41) is 5.35. The van der Waals surface area contributed by atoms with Crippen LogP contribution >= 0.6 is 34.8 Å². The fourth-order valence-electron chi connectivity index (χ4n) is 3.08. The highest BCUT2D eigenvalue weighted by Gasteiger charge is 2.11. The molecule has 0 saturated carbocycles. The number of hydrogen-bond acceptors (Lipinski definition) is 3. The van der Waals surface area contributed by atoms with Crippen LogP contribution in [0.5, 0.6) is 11.5 Å². The summed E-state index contributed by atoms with van der Waals surface area (Å²) in [7, 11) is 1.63. The van der Waals surface area contributed by atoms with E-state index in [1.54, 1.807) is 13.2 Å². The van der Waals surface area contributed by atoms with Gasteiger partial charge in [-0.1, -0.05) is 65.1 Å². The van der Waals surface area contributed by atoms with Crippen LogP contribution < -0.4 is 14.8 Å². The Kier molecular flexibility index (Phi) is 8.29. The summed E-state index contributed by atoms with van der Waals surface area (Å²) >= 11 is 18.7. The topological polar surface area (TPSA) is 30.5 Å². The molecule has 3 nitrogen and oxygen atoms in total. The zero-order valence-corrected chi connectivity index (χ0v) is 19.2. The predicted octanol–water partition coefficient (Wildman–Crippen LogP) is 6.88. The van der Waals surface area contributed by atoms with Gasteiger partial charge >= 0.3 is 0 Å². The van der Waals surface area contributed by atoms with E-state index in [2.05, 4.69) is 24.4 Å². The zero-order valence-electron chi connectivity index (χ0n) is 17.0. The van der Waals surface area contributed by atoms with E-state index in [-0.39, 0.29) is 0 Å². The van der Waals surface area contributed by atoms with Crippen molar-refractivity contribution in [1.82, 2.24) is 5.32 Å². The first-order valence-corrected chi connectivity index (χ1v) is 10.8. The van der Waals surface area contributed by atoms with Crippen LogP contribution in [-0.4, -0.2) is 13.7 Å². The van der Waals surface area contributed by atoms with Crippen LogP contribution in [0.1, 0.15) is 22.3 Å². The molecule has 0 bridgehead atoms. The number of benzene rings is 3. The Balaban J connectivity index is 1.60. The Morgan fingerprint density at radius 2 is 1.60 bits per heavy atom. The van der Waals surface area contributed by atoms with Crippen LogP contribution in [0.25, 0.3) is 0 Å². The standard InChI is InChI=1S/C24H24Cl3NO2/c1-16-5-3-4-6-18(16)15-30-24-13-22(27)19(11-23(24)29-2)14-28-10-9-17-7-8-20(25)12-21(17)26/h3-8,11-13,28H,9-10,14-15H2,1-2H3. The molecule has 30 heavy (non-hydrogen) atoms. The van der Waals surface area contributed by atoms with Gasteiger partial charge in [-0.05, 0) is 60.3 Å². The lowest BCUT2D eigenvalue weighted by atomic mass is 10.1. The maximum absolute atomic E-state index is 6.50. The minimum absolute atomic E-state index is 0.457. The van der Waals surface area contributed by atoms with Gasteiger partial charge in [0.15, 0.2) is 11.5 Å². The normalized spacial score (nSPS) is 10.8. The van der Waals surface area contributed by atoms with E-state index >= 15 is 0 Å². The SMILES string of the molecule is COc1cc(CNCCc2ccc(Cl)cc2Cl)c(Cl)cc1OCc1ccccc1C. The molecular weight excluding hydrogens is 441 g/mol. The molecule has 0 atom stereocenters. The Hall–Kier alpha value is -1.91. The molecule has 0 spiro atoms. The molecular formula is C24H24Cl3NO2. The van der Waals surface area contributed by atoms with Crippen LogP contribution in [0, 0.1) is 6.92 Å². The van der Waals surface area contributed by atoms with Gasteiger partial charge in [-0.25, -0.2) is 0 Å². The molecule has 3 rings (SSSR count). The van der Waals surface area contributed by atoms with Gasteiger partial charge < -0.3 is 14.8 Å². The van der Waals surface area contributed by atoms with Crippen molar-refractivity contribution in [2.24, 2.45) is 0 Å². The minimum Gasteiger partial charge on any atom is -0.493 e. The van der Waals surface area contributed by atoms with Crippen molar-refractivity contribution in [3.63, 3.8) is 0 Å². The number of ether oxygens (including phenoxy) is 2. The lowest BCUT2D eigenvalue weighted by molar-refractivity contribution is 0.283. The van der Waals surface area contributed by atoms with Crippen molar-refractivity contribution >= 4 is 34.8 Å². The van der Waals surface area contributed by atoms with Crippen LogP contribution in [0.3, 0.4) is 0 Å². The summed E-state index contributed by atoms with van der Waals surface area (Å²) in [6, 6.07) is 17.4. The monoisotopic (exact) mass is 463 g/mol. The van der Waals surface area contributed by atoms with Crippen molar-refractivity contribution in [2.45, 2.75) is 26.5 Å². The molecule has 0 radical (unpaired) electrons. The van der Waals surface area contributed by atoms with E-state index < -0.39 is 0 Å². The van der Waals surface area contributed by atoms with Gasteiger partial charge in [0, 0.05) is 27.7 Å². The van der Waals surface area contributed by atoms with Gasteiger partial charge in [0.05, 0.1) is 7.11 Å². The molecule has 6 heteroatoms. The molecule has 0 fully saturated rings. The molecule has 158 valence electrons. The number of aryl methyl sites for hydroxylation is 1. The van der Waals surface area contributed by atoms with Crippen molar-refractivity contribution in [1.29, 1.82) is 0 Å². The van der Waals surface area contributed by atoms with Gasteiger partial charge in [-0.2, -0.15) is 0 Å². The minimum atomic E-state index is 0.457. The maximum atomic E-state index is 6.50. The third-order valence-corrected chi connectivity index (χ3v) is 5.82. The lowest BCUT2D eigenvalue weighted by Crippen LogP contribution is -2.17. The number of nitrogens with one attached hydrogen (secondary N) is 1. The molecule has 1 N–H and O–H groups in total. The third-order valence-electron chi connectivity index (χ3n) is 4.88. The van der Waals surface area contributed by atoms with E-state index in [4.69, 9.17) is 44.3 Å². The molecule has 0 amide bonds. The molecule has 0 aliphatic carbocycles. The fraction of sp³-hybridized carbons (Fsp3) is 0.250. The average molecular weight is 465 g/mol. The van der Waals surface area contributed by atoms with E-state index in [1.807, 2.05) is 36.4 Å². The van der Waals surface area contributed by atoms with Gasteiger partial charge in [-0.3, -0.25) is 0 Å². The first-order valence-electron chi connectivity index (χ1n) is 9.66. The Morgan fingerprint density at radius 1 is 0.833 bits per heavy atom. The van der Waals surface area contributed by atoms with Gasteiger partial charge in [0.25, 0.3) is 0 Å². The van der Waals surface area contributed by atoms with E-state index in [0.29, 0.717) is 39.7 Å². The number of hydrogen-bond donors (Lipinski definition) is 1. The summed E-state index contributed by atoms with van der Waals surface area (Å²) in [6.07, 6.45) is 0.794. The van der Waals surface area contributed by atoms with E-state index in [1.165, 1.54) is 5.56 Å². The Bertz CT molecular complexity index is 1010. The van der Waals surface area contributed by atoms with Gasteiger partial charge in [-0.15, -0.1) is 0 Å². The highest BCUT2D eigenvalue weighted by molar-refractivity contribution is 6.35. The average Bonchev–Trinajstić information content (AvgIpc) is 2.73. The summed E-state index contributed by atoms with van der Waals surface area (Å²) in [5.74, 6) is 1.29. The van der Waals surface area contributed by atoms with Crippen molar-refractivity contribution in [3.8, 4) is 11.5 Å². The summed E-state index contributed by atoms with van der Waals surface area (Å²) < 4.78 is 11.5. The second-order valence-corrected chi connectivity index (χ2v) is 8.22. The molecule has 0 aromatic heterocycles. The van der Waals surface area contributed by atoms with E-state index in [9.17, 15) is 0 Å². The summed E-state index contributed by atoms with van der Waals surface area (Å²) in [5.41, 5.74) is 4.31. The fourth-order valence-corrected chi connectivity index (χ4v) is 3.81. The first kappa shape index (κ1) is 22.8. The zero-order chi connectivity index (χ0) is 21.5. The predicted molar refractivity (Wildman–Crippen MR) is 125 cm³/mol. The molecule has 3 aromatic carbocycles. The first-order chi connectivity index (χ1) is 14.5. The van der Waals surface area contributed by atoms with Gasteiger partial charge in [0.2, 0.25) is 0 Å². The molecule has 0 heterocycles. The molecule has 0 saturated heterocycles. The Labute approximate surface area is 192 Å². The number of methoxy groups -OCH3 is 1. The second kappa shape index (κ2) is 10.9. The largest absolute Gasteiger partial charge is 0.493 e. The second-order valence-electron chi connectivity index (χ2n) is 6.97. The van der Waals surface area contributed by atoms with Crippen LogP contribution in [0.15, 0.2) is 54.6 Å². The van der Waals surface area contributed by atoms with Crippen molar-refractivity contribution < 1.29 is 9.47 Å². The van der Waals surface area contributed by atoms with Crippen LogP contribution in [0.4, 0.5) is 0 Å². The maximum Gasteiger partial charge on any atom is 0.163 e. The lowest BCUT2D eigenvalue weighted by Gasteiger charge is -2.15. The quantitative estimate of drug-likeness (QED) is 0.350. The van der Waals surface area contributed by atoms with E-state index in [0.717, 1.165) is 29.7 Å². The number of rotatable bonds is 9. The molecule has 3 aromatic rings. The van der Waals surface area contributed by atoms with Crippen LogP contribution in [0.2, 0.25) is 15.1 Å².